The minimum absolute atomic E-state index is 0.000631. The normalized spacial score (nSPS) is 14.9. The molecule has 0 saturated carbocycles. The summed E-state index contributed by atoms with van der Waals surface area (Å²) in [4.78, 5) is 2.75. The van der Waals surface area contributed by atoms with Gasteiger partial charge in [0.1, 0.15) is 0 Å². The smallest absolute Gasteiger partial charge is 0.333 e. The first-order valence-corrected chi connectivity index (χ1v) is 24.5. The molecule has 5 heteroatoms. The summed E-state index contributed by atoms with van der Waals surface area (Å²) in [6, 6.07) is 54.7. The summed E-state index contributed by atoms with van der Waals surface area (Å²) in [6.07, 6.45) is 0. The van der Waals surface area contributed by atoms with Gasteiger partial charge in [0.2, 0.25) is 0 Å². The molecule has 0 amide bonds. The zero-order chi connectivity index (χ0) is 43.3. The number of rotatable bonds is 1. The zero-order valence-corrected chi connectivity index (χ0v) is 39.2. The van der Waals surface area contributed by atoms with Crippen molar-refractivity contribution in [2.45, 2.75) is 71.6 Å². The van der Waals surface area contributed by atoms with Crippen LogP contribution >= 0.6 is 22.7 Å². The van der Waals surface area contributed by atoms with E-state index in [1.54, 1.807) is 0 Å². The lowest BCUT2D eigenvalue weighted by Gasteiger charge is -2.43. The van der Waals surface area contributed by atoms with E-state index in [0.29, 0.717) is 0 Å². The minimum Gasteiger partial charge on any atom is -0.376 e. The molecule has 8 aromatic carbocycles. The standard InChI is InChI=1S/C59H47BN2S2/c1-57(2,3)32-21-24-34(25-22-32)62-46-30-43-38(35-15-9-12-18-42(35)59(43,7)8)28-41(46)51-52-37-17-11-14-20-49(37)64-56(52)53-40-27-33(58(4,5)6)23-26-45(40)61-47-31-50-39(36-16-10-13-19-48(36)63-50)29-44(47)60(62)54(51)55(53)61/h9-31H,1-8H3. The molecule has 0 spiro atoms. The Morgan fingerprint density at radius 1 is 0.516 bits per heavy atom. The molecular weight excluding hydrogens is 812 g/mol. The van der Waals surface area contributed by atoms with Gasteiger partial charge in [-0.1, -0.05) is 140 Å². The van der Waals surface area contributed by atoms with E-state index in [2.05, 4.69) is 204 Å². The van der Waals surface area contributed by atoms with Crippen LogP contribution in [0, 0.1) is 0 Å². The van der Waals surface area contributed by atoms with Gasteiger partial charge in [-0.05, 0) is 115 Å². The number of anilines is 2. The second-order valence-corrected chi connectivity index (χ2v) is 23.4. The molecule has 2 aliphatic heterocycles. The summed E-state index contributed by atoms with van der Waals surface area (Å²) in [6.45, 7) is 18.8. The third-order valence-electron chi connectivity index (χ3n) is 15.3. The van der Waals surface area contributed by atoms with E-state index in [4.69, 9.17) is 0 Å². The second kappa shape index (κ2) is 12.1. The van der Waals surface area contributed by atoms with Crippen LogP contribution in [0.2, 0.25) is 0 Å². The van der Waals surface area contributed by atoms with E-state index in [0.717, 1.165) is 0 Å². The van der Waals surface area contributed by atoms with Gasteiger partial charge < -0.3 is 9.38 Å². The number of aromatic nitrogens is 1. The molecule has 14 rings (SSSR count). The Bertz CT molecular complexity index is 3900. The molecule has 64 heavy (non-hydrogen) atoms. The molecule has 0 N–H and O–H groups in total. The Morgan fingerprint density at radius 2 is 1.20 bits per heavy atom. The molecule has 0 fully saturated rings. The SMILES string of the molecule is CC(C)(C)c1ccc(N2B3c4cc5c(cc4-n4c6ccc(C(C)(C)C)cc6c6c7sc8ccccc8c7c(c3c64)-c3cc4c(cc32)C(C)(C)c2ccccc2-4)sc2ccccc25)cc1. The first kappa shape index (κ1) is 37.3. The Balaban J connectivity index is 1.23. The van der Waals surface area contributed by atoms with Crippen molar-refractivity contribution in [2.24, 2.45) is 0 Å². The maximum Gasteiger partial charge on any atom is 0.333 e. The molecule has 0 saturated heterocycles. The van der Waals surface area contributed by atoms with Crippen LogP contribution in [0.4, 0.5) is 11.4 Å². The van der Waals surface area contributed by atoms with Gasteiger partial charge in [-0.3, -0.25) is 0 Å². The fraction of sp³-hybridized carbons (Fsp3) is 0.186. The Kier molecular flexibility index (Phi) is 7.07. The number of fused-ring (bicyclic) bond motifs is 19. The maximum atomic E-state index is 2.75. The van der Waals surface area contributed by atoms with Gasteiger partial charge >= 0.3 is 6.85 Å². The molecule has 3 aromatic heterocycles. The molecule has 0 bridgehead atoms. The van der Waals surface area contributed by atoms with Crippen molar-refractivity contribution in [3.8, 4) is 27.9 Å². The van der Waals surface area contributed by atoms with Crippen LogP contribution in [-0.4, -0.2) is 11.4 Å². The first-order chi connectivity index (χ1) is 30.8. The largest absolute Gasteiger partial charge is 0.376 e. The van der Waals surface area contributed by atoms with Crippen molar-refractivity contribution < 1.29 is 0 Å². The van der Waals surface area contributed by atoms with E-state index in [-0.39, 0.29) is 23.1 Å². The van der Waals surface area contributed by atoms with Crippen LogP contribution in [0.1, 0.15) is 77.6 Å². The van der Waals surface area contributed by atoms with Crippen LogP contribution in [0.5, 0.6) is 0 Å². The van der Waals surface area contributed by atoms with Gasteiger partial charge in [0.15, 0.2) is 0 Å². The molecule has 0 atom stereocenters. The molecule has 308 valence electrons. The van der Waals surface area contributed by atoms with Crippen molar-refractivity contribution in [3.63, 3.8) is 0 Å². The lowest BCUT2D eigenvalue weighted by molar-refractivity contribution is 0.590. The Hall–Kier alpha value is -6.14. The highest BCUT2D eigenvalue weighted by molar-refractivity contribution is 7.27. The molecule has 11 aromatic rings. The van der Waals surface area contributed by atoms with Gasteiger partial charge in [0.05, 0.1) is 11.0 Å². The Labute approximate surface area is 382 Å². The number of benzene rings is 8. The fourth-order valence-corrected chi connectivity index (χ4v) is 14.5. The molecule has 3 aliphatic rings. The fourth-order valence-electron chi connectivity index (χ4n) is 12.1. The van der Waals surface area contributed by atoms with Crippen molar-refractivity contribution in [2.75, 3.05) is 4.81 Å². The van der Waals surface area contributed by atoms with Gasteiger partial charge in [0.25, 0.3) is 0 Å². The predicted molar refractivity (Wildman–Crippen MR) is 281 cm³/mol. The van der Waals surface area contributed by atoms with Crippen LogP contribution in [0.15, 0.2) is 140 Å². The molecule has 1 aliphatic carbocycles. The van der Waals surface area contributed by atoms with Crippen LogP contribution in [0.25, 0.3) is 90.1 Å². The molecule has 5 heterocycles. The number of thiophene rings is 2. The van der Waals surface area contributed by atoms with E-state index < -0.39 is 0 Å². The average molecular weight is 859 g/mol. The second-order valence-electron chi connectivity index (χ2n) is 21.3. The van der Waals surface area contributed by atoms with Gasteiger partial charge in [-0.25, -0.2) is 0 Å². The van der Waals surface area contributed by atoms with E-state index in [1.807, 2.05) is 22.7 Å². The molecule has 2 nitrogen and oxygen atoms in total. The highest BCUT2D eigenvalue weighted by Gasteiger charge is 2.47. The Morgan fingerprint density at radius 3 is 1.97 bits per heavy atom. The lowest BCUT2D eigenvalue weighted by atomic mass is 9.43. The number of hydrogen-bond donors (Lipinski definition) is 0. The van der Waals surface area contributed by atoms with Crippen molar-refractivity contribution in [1.82, 2.24) is 4.57 Å². The quantitative estimate of drug-likeness (QED) is 0.149. The summed E-state index contributed by atoms with van der Waals surface area (Å²) >= 11 is 3.90. The number of hydrogen-bond acceptors (Lipinski definition) is 3. The number of nitrogens with zero attached hydrogens (tertiary/aromatic N) is 2. The summed E-state index contributed by atoms with van der Waals surface area (Å²) in [5.74, 6) is 0. The summed E-state index contributed by atoms with van der Waals surface area (Å²) in [5.41, 5.74) is 20.1. The van der Waals surface area contributed by atoms with Crippen molar-refractivity contribution in [1.29, 1.82) is 0 Å². The van der Waals surface area contributed by atoms with E-state index in [9.17, 15) is 0 Å². The highest BCUT2D eigenvalue weighted by Crippen LogP contribution is 2.57. The average Bonchev–Trinajstić information content (AvgIpc) is 4.01. The summed E-state index contributed by atoms with van der Waals surface area (Å²) in [7, 11) is 0. The maximum absolute atomic E-state index is 2.75. The monoisotopic (exact) mass is 858 g/mol. The van der Waals surface area contributed by atoms with Crippen molar-refractivity contribution >= 4 is 114 Å². The van der Waals surface area contributed by atoms with E-state index in [1.165, 1.54) is 135 Å². The first-order valence-electron chi connectivity index (χ1n) is 22.9. The lowest BCUT2D eigenvalue weighted by Crippen LogP contribution is -2.60. The third-order valence-corrected chi connectivity index (χ3v) is 17.6. The minimum atomic E-state index is -0.152. The molecule has 0 unspecified atom stereocenters. The van der Waals surface area contributed by atoms with Crippen LogP contribution in [-0.2, 0) is 16.2 Å². The third kappa shape index (κ3) is 4.66. The van der Waals surface area contributed by atoms with Gasteiger partial charge in [-0.2, -0.15) is 0 Å². The van der Waals surface area contributed by atoms with Gasteiger partial charge in [0, 0.05) is 79.2 Å². The van der Waals surface area contributed by atoms with Gasteiger partial charge in [-0.15, -0.1) is 22.7 Å². The summed E-state index contributed by atoms with van der Waals surface area (Å²) < 4.78 is 8.10. The topological polar surface area (TPSA) is 8.17 Å². The molecular formula is C59H47BN2S2. The predicted octanol–water partition coefficient (Wildman–Crippen LogP) is 15.7. The summed E-state index contributed by atoms with van der Waals surface area (Å²) in [5, 5.41) is 8.16. The van der Waals surface area contributed by atoms with Crippen LogP contribution < -0.4 is 15.7 Å². The van der Waals surface area contributed by atoms with Crippen LogP contribution in [0.3, 0.4) is 0 Å². The van der Waals surface area contributed by atoms with Crippen molar-refractivity contribution in [3.05, 3.63) is 162 Å². The molecule has 0 radical (unpaired) electrons. The van der Waals surface area contributed by atoms with E-state index >= 15 is 0 Å². The highest BCUT2D eigenvalue weighted by atomic mass is 32.1. The zero-order valence-electron chi connectivity index (χ0n) is 37.6.